The van der Waals surface area contributed by atoms with E-state index in [-0.39, 0.29) is 17.7 Å². The summed E-state index contributed by atoms with van der Waals surface area (Å²) in [6, 6.07) is 7.37. The minimum Gasteiger partial charge on any atom is -0.493 e. The van der Waals surface area contributed by atoms with Crippen molar-refractivity contribution >= 4 is 17.5 Å². The second-order valence-electron chi connectivity index (χ2n) is 7.70. The lowest BCUT2D eigenvalue weighted by molar-refractivity contribution is -0.114. The Balaban J connectivity index is 1.70. The highest BCUT2D eigenvalue weighted by atomic mass is 16.5. The third kappa shape index (κ3) is 4.91. The standard InChI is InChI=1S/C21H28N4O3/c1-14(2)13-28-18-8-4-6-16(10-18)21(27)25-9-5-7-17(12-25)20-19(11-22-24-20)23-15(3)26/h4,6,8,10-11,14,17H,5,7,9,12-13H2,1-3H3,(H,22,24)(H,23,26)/t17-/m1/s1. The number of rotatable bonds is 6. The number of amides is 2. The van der Waals surface area contributed by atoms with Gasteiger partial charge in [-0.1, -0.05) is 19.9 Å². The van der Waals surface area contributed by atoms with E-state index in [2.05, 4.69) is 29.4 Å². The summed E-state index contributed by atoms with van der Waals surface area (Å²) in [5, 5.41) is 9.86. The number of aromatic nitrogens is 2. The Labute approximate surface area is 165 Å². The van der Waals surface area contributed by atoms with Crippen LogP contribution in [0.3, 0.4) is 0 Å². The number of piperidine rings is 1. The molecular formula is C21H28N4O3. The Morgan fingerprint density at radius 1 is 1.39 bits per heavy atom. The van der Waals surface area contributed by atoms with Crippen molar-refractivity contribution in [2.45, 2.75) is 39.5 Å². The summed E-state index contributed by atoms with van der Waals surface area (Å²) in [5.74, 6) is 1.12. The third-order valence-electron chi connectivity index (χ3n) is 4.76. The second kappa shape index (κ2) is 8.91. The van der Waals surface area contributed by atoms with Gasteiger partial charge >= 0.3 is 0 Å². The van der Waals surface area contributed by atoms with Gasteiger partial charge in [-0.2, -0.15) is 5.10 Å². The van der Waals surface area contributed by atoms with Crippen molar-refractivity contribution in [2.75, 3.05) is 25.0 Å². The van der Waals surface area contributed by atoms with E-state index in [1.165, 1.54) is 6.92 Å². The van der Waals surface area contributed by atoms with Gasteiger partial charge in [0.1, 0.15) is 5.75 Å². The van der Waals surface area contributed by atoms with E-state index in [1.54, 1.807) is 6.20 Å². The Morgan fingerprint density at radius 3 is 2.96 bits per heavy atom. The number of nitrogens with zero attached hydrogens (tertiary/aromatic N) is 2. The fraction of sp³-hybridized carbons (Fsp3) is 0.476. The van der Waals surface area contributed by atoms with Crippen LogP contribution in [0.5, 0.6) is 5.75 Å². The van der Waals surface area contributed by atoms with E-state index in [0.29, 0.717) is 30.3 Å². The minimum absolute atomic E-state index is 0.000268. The number of aromatic amines is 1. The molecule has 150 valence electrons. The molecule has 1 fully saturated rings. The van der Waals surface area contributed by atoms with Gasteiger partial charge in [-0.05, 0) is 37.0 Å². The van der Waals surface area contributed by atoms with E-state index in [1.807, 2.05) is 29.2 Å². The fourth-order valence-electron chi connectivity index (χ4n) is 3.46. The zero-order valence-electron chi connectivity index (χ0n) is 16.7. The average Bonchev–Trinajstić information content (AvgIpc) is 3.13. The predicted molar refractivity (Wildman–Crippen MR) is 108 cm³/mol. The highest BCUT2D eigenvalue weighted by Crippen LogP contribution is 2.31. The number of carbonyl (C=O) groups excluding carboxylic acids is 2. The molecule has 1 saturated heterocycles. The molecule has 3 rings (SSSR count). The zero-order chi connectivity index (χ0) is 20.1. The topological polar surface area (TPSA) is 87.3 Å². The lowest BCUT2D eigenvalue weighted by Crippen LogP contribution is -2.39. The number of anilines is 1. The maximum Gasteiger partial charge on any atom is 0.254 e. The summed E-state index contributed by atoms with van der Waals surface area (Å²) in [6.45, 7) is 7.58. The maximum absolute atomic E-state index is 13.0. The first-order chi connectivity index (χ1) is 13.4. The number of likely N-dealkylation sites (tertiary alicyclic amines) is 1. The third-order valence-corrected chi connectivity index (χ3v) is 4.76. The second-order valence-corrected chi connectivity index (χ2v) is 7.70. The predicted octanol–water partition coefficient (Wildman–Crippen LogP) is 3.42. The molecule has 0 bridgehead atoms. The van der Waals surface area contributed by atoms with E-state index in [9.17, 15) is 9.59 Å². The van der Waals surface area contributed by atoms with Gasteiger partial charge in [0.2, 0.25) is 5.91 Å². The van der Waals surface area contributed by atoms with Gasteiger partial charge in [-0.3, -0.25) is 14.7 Å². The molecule has 0 unspecified atom stereocenters. The highest BCUT2D eigenvalue weighted by Gasteiger charge is 2.28. The summed E-state index contributed by atoms with van der Waals surface area (Å²) in [7, 11) is 0. The molecule has 1 atom stereocenters. The van der Waals surface area contributed by atoms with Crippen LogP contribution in [0.4, 0.5) is 5.69 Å². The number of nitrogens with one attached hydrogen (secondary N) is 2. The Bertz CT molecular complexity index is 831. The van der Waals surface area contributed by atoms with Gasteiger partial charge in [-0.25, -0.2) is 0 Å². The molecule has 1 aliphatic heterocycles. The van der Waals surface area contributed by atoms with Crippen molar-refractivity contribution in [3.8, 4) is 5.75 Å². The van der Waals surface area contributed by atoms with Gasteiger partial charge in [0.15, 0.2) is 0 Å². The minimum atomic E-state index is -0.135. The highest BCUT2D eigenvalue weighted by molar-refractivity contribution is 5.94. The first kappa shape index (κ1) is 19.9. The number of benzene rings is 1. The fourth-order valence-corrected chi connectivity index (χ4v) is 3.46. The molecule has 7 heteroatoms. The molecule has 2 amide bonds. The number of hydrogen-bond acceptors (Lipinski definition) is 4. The van der Waals surface area contributed by atoms with Crippen LogP contribution in [0, 0.1) is 5.92 Å². The molecule has 1 aliphatic rings. The van der Waals surface area contributed by atoms with Gasteiger partial charge in [0, 0.05) is 31.5 Å². The van der Waals surface area contributed by atoms with E-state index in [0.717, 1.165) is 30.8 Å². The quantitative estimate of drug-likeness (QED) is 0.799. The van der Waals surface area contributed by atoms with Crippen molar-refractivity contribution in [1.82, 2.24) is 15.1 Å². The van der Waals surface area contributed by atoms with Crippen molar-refractivity contribution in [2.24, 2.45) is 5.92 Å². The van der Waals surface area contributed by atoms with Crippen LogP contribution in [0.2, 0.25) is 0 Å². The molecule has 2 heterocycles. The van der Waals surface area contributed by atoms with Crippen LogP contribution in [0.1, 0.15) is 55.6 Å². The van der Waals surface area contributed by atoms with Gasteiger partial charge in [-0.15, -0.1) is 0 Å². The van der Waals surface area contributed by atoms with Crippen LogP contribution >= 0.6 is 0 Å². The molecule has 28 heavy (non-hydrogen) atoms. The number of ether oxygens (including phenoxy) is 1. The number of carbonyl (C=O) groups is 2. The van der Waals surface area contributed by atoms with Gasteiger partial charge in [0.25, 0.3) is 5.91 Å². The van der Waals surface area contributed by atoms with Crippen molar-refractivity contribution in [3.63, 3.8) is 0 Å². The lowest BCUT2D eigenvalue weighted by Gasteiger charge is -2.32. The summed E-state index contributed by atoms with van der Waals surface area (Å²) in [5.41, 5.74) is 2.20. The van der Waals surface area contributed by atoms with Crippen molar-refractivity contribution < 1.29 is 14.3 Å². The molecule has 0 spiro atoms. The van der Waals surface area contributed by atoms with Crippen molar-refractivity contribution in [3.05, 3.63) is 41.7 Å². The summed E-state index contributed by atoms with van der Waals surface area (Å²) >= 11 is 0. The smallest absolute Gasteiger partial charge is 0.254 e. The van der Waals surface area contributed by atoms with Gasteiger partial charge in [0.05, 0.1) is 24.2 Å². The first-order valence-electron chi connectivity index (χ1n) is 9.77. The molecule has 1 aromatic carbocycles. The van der Waals surface area contributed by atoms with Crippen LogP contribution in [0.25, 0.3) is 0 Å². The summed E-state index contributed by atoms with van der Waals surface area (Å²) in [4.78, 5) is 26.3. The summed E-state index contributed by atoms with van der Waals surface area (Å²) in [6.07, 6.45) is 3.46. The molecule has 0 aliphatic carbocycles. The van der Waals surface area contributed by atoms with Gasteiger partial charge < -0.3 is 15.0 Å². The number of H-pyrrole nitrogens is 1. The molecular weight excluding hydrogens is 356 g/mol. The Hall–Kier alpha value is -2.83. The summed E-state index contributed by atoms with van der Waals surface area (Å²) < 4.78 is 5.75. The van der Waals surface area contributed by atoms with Crippen LogP contribution in [-0.4, -0.2) is 46.6 Å². The normalized spacial score (nSPS) is 16.9. The molecule has 1 aromatic heterocycles. The van der Waals surface area contributed by atoms with E-state index >= 15 is 0 Å². The van der Waals surface area contributed by atoms with E-state index < -0.39 is 0 Å². The zero-order valence-corrected chi connectivity index (χ0v) is 16.7. The molecule has 2 N–H and O–H groups in total. The molecule has 0 radical (unpaired) electrons. The molecule has 0 saturated carbocycles. The SMILES string of the molecule is CC(=O)Nc1cn[nH]c1[C@@H]1CCCN(C(=O)c2cccc(OCC(C)C)c2)C1. The number of hydrogen-bond donors (Lipinski definition) is 2. The van der Waals surface area contributed by atoms with Crippen LogP contribution in [0.15, 0.2) is 30.5 Å². The van der Waals surface area contributed by atoms with Crippen molar-refractivity contribution in [1.29, 1.82) is 0 Å². The molecule has 7 nitrogen and oxygen atoms in total. The monoisotopic (exact) mass is 384 g/mol. The average molecular weight is 384 g/mol. The molecule has 2 aromatic rings. The van der Waals surface area contributed by atoms with Crippen LogP contribution < -0.4 is 10.1 Å². The maximum atomic E-state index is 13.0. The Kier molecular flexibility index (Phi) is 6.34. The first-order valence-corrected chi connectivity index (χ1v) is 9.77. The van der Waals surface area contributed by atoms with E-state index in [4.69, 9.17) is 4.74 Å². The Morgan fingerprint density at radius 2 is 2.21 bits per heavy atom. The lowest BCUT2D eigenvalue weighted by atomic mass is 9.93. The largest absolute Gasteiger partial charge is 0.493 e. The van der Waals surface area contributed by atoms with Crippen LogP contribution in [-0.2, 0) is 4.79 Å².